The van der Waals surface area contributed by atoms with Crippen molar-refractivity contribution in [3.05, 3.63) is 0 Å². The minimum Gasteiger partial charge on any atom is -0.547 e. The van der Waals surface area contributed by atoms with Gasteiger partial charge in [-0.1, -0.05) is 6.92 Å². The number of carboxylic acid groups (broad SMARTS) is 2. The summed E-state index contributed by atoms with van der Waals surface area (Å²) in [6.45, 7) is 1.70. The summed E-state index contributed by atoms with van der Waals surface area (Å²) in [6, 6.07) is -2.07. The van der Waals surface area contributed by atoms with Crippen molar-refractivity contribution in [2.24, 2.45) is 0 Å². The molecule has 6 nitrogen and oxygen atoms in total. The van der Waals surface area contributed by atoms with Gasteiger partial charge in [-0.15, -0.1) is 0 Å². The second kappa shape index (κ2) is 5.13. The fraction of sp³-hybridized carbons (Fsp3) is 0.571. The number of carbonyl (C=O) groups is 3. The Hall–Kier alpha value is -1.59. The molecule has 0 aromatic heterocycles. The molecule has 0 rings (SSSR count). The van der Waals surface area contributed by atoms with Crippen LogP contribution in [0.15, 0.2) is 0 Å². The van der Waals surface area contributed by atoms with Gasteiger partial charge in [0.05, 0.1) is 11.9 Å². The second-order valence-electron chi connectivity index (χ2n) is 2.39. The normalized spacial score (nSPS) is 9.69. The molecule has 0 fully saturated rings. The Morgan fingerprint density at radius 1 is 1.23 bits per heavy atom. The smallest absolute Gasteiger partial charge is 0.220 e. The van der Waals surface area contributed by atoms with Gasteiger partial charge in [0.25, 0.3) is 0 Å². The average Bonchev–Trinajstić information content (AvgIpc) is 1.99. The van der Waals surface area contributed by atoms with E-state index in [1.165, 1.54) is 0 Å². The SMILES string of the molecule is CCCC(=O)NC(C(=O)[O-])C(=O)[O-]. The van der Waals surface area contributed by atoms with Gasteiger partial charge in [0.15, 0.2) is 0 Å². The topological polar surface area (TPSA) is 109 Å². The molecular formula is C7H9NO5-2. The molecule has 6 heteroatoms. The zero-order valence-corrected chi connectivity index (χ0v) is 7.03. The summed E-state index contributed by atoms with van der Waals surface area (Å²) in [6.07, 6.45) is 0.565. The fourth-order valence-electron chi connectivity index (χ4n) is 0.674. The highest BCUT2D eigenvalue weighted by atomic mass is 16.4. The third kappa shape index (κ3) is 4.09. The van der Waals surface area contributed by atoms with Crippen LogP contribution in [0.3, 0.4) is 0 Å². The molecule has 0 aromatic rings. The van der Waals surface area contributed by atoms with E-state index in [-0.39, 0.29) is 6.42 Å². The van der Waals surface area contributed by atoms with E-state index in [0.29, 0.717) is 6.42 Å². The van der Waals surface area contributed by atoms with Crippen molar-refractivity contribution >= 4 is 17.8 Å². The van der Waals surface area contributed by atoms with Crippen molar-refractivity contribution in [1.29, 1.82) is 0 Å². The van der Waals surface area contributed by atoms with Crippen LogP contribution in [0.4, 0.5) is 0 Å². The highest BCUT2D eigenvalue weighted by molar-refractivity contribution is 5.98. The Labute approximate surface area is 74.6 Å². The molecule has 0 heterocycles. The van der Waals surface area contributed by atoms with E-state index in [9.17, 15) is 24.6 Å². The molecule has 0 atom stereocenters. The van der Waals surface area contributed by atoms with E-state index in [0.717, 1.165) is 0 Å². The molecule has 0 aliphatic carbocycles. The lowest BCUT2D eigenvalue weighted by Crippen LogP contribution is -2.57. The molecule has 0 aliphatic heterocycles. The predicted molar refractivity (Wildman–Crippen MR) is 36.9 cm³/mol. The first kappa shape index (κ1) is 11.4. The maximum absolute atomic E-state index is 10.8. The zero-order chi connectivity index (χ0) is 10.4. The van der Waals surface area contributed by atoms with Crippen LogP contribution in [-0.4, -0.2) is 23.9 Å². The summed E-state index contributed by atoms with van der Waals surface area (Å²) in [4.78, 5) is 31.0. The van der Waals surface area contributed by atoms with Gasteiger partial charge in [-0.2, -0.15) is 0 Å². The molecule has 0 bridgehead atoms. The van der Waals surface area contributed by atoms with E-state index in [4.69, 9.17) is 0 Å². The van der Waals surface area contributed by atoms with Gasteiger partial charge in [0.1, 0.15) is 6.04 Å². The number of hydrogen-bond acceptors (Lipinski definition) is 5. The Morgan fingerprint density at radius 3 is 2.00 bits per heavy atom. The summed E-state index contributed by atoms with van der Waals surface area (Å²) in [5.41, 5.74) is 0. The molecular weight excluding hydrogens is 178 g/mol. The van der Waals surface area contributed by atoms with Crippen molar-refractivity contribution in [1.82, 2.24) is 5.32 Å². The van der Waals surface area contributed by atoms with Crippen molar-refractivity contribution in [3.63, 3.8) is 0 Å². The molecule has 0 spiro atoms. The van der Waals surface area contributed by atoms with E-state index >= 15 is 0 Å². The molecule has 13 heavy (non-hydrogen) atoms. The molecule has 0 aromatic carbocycles. The highest BCUT2D eigenvalue weighted by Gasteiger charge is 2.13. The minimum absolute atomic E-state index is 0.0665. The lowest BCUT2D eigenvalue weighted by atomic mass is 10.2. The van der Waals surface area contributed by atoms with Crippen molar-refractivity contribution in [2.45, 2.75) is 25.8 Å². The van der Waals surface area contributed by atoms with Gasteiger partial charge in [-0.3, -0.25) is 4.79 Å². The van der Waals surface area contributed by atoms with E-state index < -0.39 is 23.9 Å². The monoisotopic (exact) mass is 187 g/mol. The van der Waals surface area contributed by atoms with Crippen LogP contribution < -0.4 is 15.5 Å². The van der Waals surface area contributed by atoms with Crippen molar-refractivity contribution < 1.29 is 24.6 Å². The quantitative estimate of drug-likeness (QED) is 0.455. The highest BCUT2D eigenvalue weighted by Crippen LogP contribution is 1.88. The summed E-state index contributed by atoms with van der Waals surface area (Å²) in [7, 11) is 0. The van der Waals surface area contributed by atoms with Crippen LogP contribution in [0, 0.1) is 0 Å². The molecule has 0 saturated carbocycles. The van der Waals surface area contributed by atoms with Crippen LogP contribution in [0.5, 0.6) is 0 Å². The molecule has 74 valence electrons. The first-order chi connectivity index (χ1) is 5.99. The number of aliphatic carboxylic acids is 2. The number of hydrogen-bond donors (Lipinski definition) is 1. The molecule has 0 unspecified atom stereocenters. The van der Waals surface area contributed by atoms with Crippen LogP contribution in [-0.2, 0) is 14.4 Å². The predicted octanol–water partition coefficient (Wildman–Crippen LogP) is -3.23. The van der Waals surface area contributed by atoms with Crippen LogP contribution in [0.25, 0.3) is 0 Å². The first-order valence-corrected chi connectivity index (χ1v) is 3.70. The van der Waals surface area contributed by atoms with E-state index in [2.05, 4.69) is 0 Å². The number of rotatable bonds is 5. The van der Waals surface area contributed by atoms with Crippen molar-refractivity contribution in [2.75, 3.05) is 0 Å². The lowest BCUT2D eigenvalue weighted by Gasteiger charge is -2.20. The van der Waals surface area contributed by atoms with Crippen LogP contribution >= 0.6 is 0 Å². The Balaban J connectivity index is 4.19. The van der Waals surface area contributed by atoms with Gasteiger partial charge in [-0.05, 0) is 6.42 Å². The third-order valence-electron chi connectivity index (χ3n) is 1.25. The average molecular weight is 187 g/mol. The summed E-state index contributed by atoms with van der Waals surface area (Å²) in [5.74, 6) is -4.42. The maximum atomic E-state index is 10.8. The molecule has 0 saturated heterocycles. The fourth-order valence-corrected chi connectivity index (χ4v) is 0.674. The van der Waals surface area contributed by atoms with Crippen molar-refractivity contribution in [3.8, 4) is 0 Å². The molecule has 1 amide bonds. The number of carboxylic acids is 2. The number of carbonyl (C=O) groups excluding carboxylic acids is 3. The second-order valence-corrected chi connectivity index (χ2v) is 2.39. The van der Waals surface area contributed by atoms with Gasteiger partial charge < -0.3 is 25.1 Å². The Kier molecular flexibility index (Phi) is 4.50. The first-order valence-electron chi connectivity index (χ1n) is 3.70. The largest absolute Gasteiger partial charge is 0.547 e. The standard InChI is InChI=1S/C7H11NO5/c1-2-3-4(9)8-5(6(10)11)7(12)13/h5H,2-3H2,1H3,(H,8,9)(H,10,11)(H,12,13)/p-2. The van der Waals surface area contributed by atoms with Gasteiger partial charge in [-0.25, -0.2) is 0 Å². The van der Waals surface area contributed by atoms with Gasteiger partial charge in [0, 0.05) is 6.42 Å². The van der Waals surface area contributed by atoms with Crippen LogP contribution in [0.1, 0.15) is 19.8 Å². The van der Waals surface area contributed by atoms with Gasteiger partial charge >= 0.3 is 0 Å². The van der Waals surface area contributed by atoms with E-state index in [1.54, 1.807) is 12.2 Å². The maximum Gasteiger partial charge on any atom is 0.220 e. The summed E-state index contributed by atoms with van der Waals surface area (Å²) in [5, 5.41) is 22.0. The lowest BCUT2D eigenvalue weighted by molar-refractivity contribution is -0.326. The molecule has 0 radical (unpaired) electrons. The molecule has 0 aliphatic rings. The summed E-state index contributed by atoms with van der Waals surface area (Å²) >= 11 is 0. The zero-order valence-electron chi connectivity index (χ0n) is 7.03. The van der Waals surface area contributed by atoms with Crippen LogP contribution in [0.2, 0.25) is 0 Å². The molecule has 1 N–H and O–H groups in total. The van der Waals surface area contributed by atoms with Gasteiger partial charge in [0.2, 0.25) is 5.91 Å². The Bertz CT molecular complexity index is 211. The minimum atomic E-state index is -2.07. The number of nitrogens with one attached hydrogen (secondary N) is 1. The third-order valence-corrected chi connectivity index (χ3v) is 1.25. The summed E-state index contributed by atoms with van der Waals surface area (Å²) < 4.78 is 0. The number of amides is 1. The Morgan fingerprint density at radius 2 is 1.69 bits per heavy atom. The van der Waals surface area contributed by atoms with E-state index in [1.807, 2.05) is 0 Å².